The Morgan fingerprint density at radius 3 is 2.74 bits per heavy atom. The van der Waals surface area contributed by atoms with Gasteiger partial charge in [0.15, 0.2) is 0 Å². The molecule has 0 bridgehead atoms. The number of morpholine rings is 1. The summed E-state index contributed by atoms with van der Waals surface area (Å²) in [4.78, 5) is 15.7. The number of nitrogens with zero attached hydrogens (tertiary/aromatic N) is 5. The molecule has 1 aliphatic heterocycles. The van der Waals surface area contributed by atoms with Crippen molar-refractivity contribution in [1.29, 1.82) is 5.26 Å². The molecule has 0 aliphatic carbocycles. The minimum atomic E-state index is 0.367. The van der Waals surface area contributed by atoms with E-state index in [0.29, 0.717) is 11.6 Å². The summed E-state index contributed by atoms with van der Waals surface area (Å²) >= 11 is 2.31. The van der Waals surface area contributed by atoms with E-state index >= 15 is 0 Å². The summed E-state index contributed by atoms with van der Waals surface area (Å²) in [6.07, 6.45) is 3.43. The van der Waals surface area contributed by atoms with Crippen molar-refractivity contribution in [1.82, 2.24) is 19.9 Å². The second-order valence-corrected chi connectivity index (χ2v) is 8.26. The van der Waals surface area contributed by atoms with E-state index in [1.54, 1.807) is 18.3 Å². The molecule has 1 aliphatic rings. The summed E-state index contributed by atoms with van der Waals surface area (Å²) in [6.45, 7) is 5.16. The van der Waals surface area contributed by atoms with Crippen LogP contribution in [0.15, 0.2) is 48.8 Å². The van der Waals surface area contributed by atoms with Crippen LogP contribution >= 0.6 is 22.6 Å². The Balaban J connectivity index is 1.54. The van der Waals surface area contributed by atoms with E-state index in [1.165, 1.54) is 0 Å². The molecule has 9 heteroatoms. The van der Waals surface area contributed by atoms with Gasteiger partial charge in [-0.05, 0) is 52.4 Å². The van der Waals surface area contributed by atoms with Crippen LogP contribution in [0.25, 0.3) is 11.1 Å². The van der Waals surface area contributed by atoms with Crippen LogP contribution in [0.1, 0.15) is 5.69 Å². The molecular formula is C22H22IN7O. The van der Waals surface area contributed by atoms with Crippen LogP contribution in [-0.4, -0.2) is 59.2 Å². The number of aromatic nitrogens is 3. The van der Waals surface area contributed by atoms with Gasteiger partial charge >= 0.3 is 0 Å². The number of nitrogens with one attached hydrogen (secondary N) is 2. The van der Waals surface area contributed by atoms with Crippen LogP contribution in [0, 0.1) is 14.9 Å². The van der Waals surface area contributed by atoms with E-state index in [-0.39, 0.29) is 0 Å². The van der Waals surface area contributed by atoms with Crippen LogP contribution in [0.5, 0.6) is 0 Å². The molecule has 0 saturated carbocycles. The number of hydrogen-bond acceptors (Lipinski definition) is 8. The maximum atomic E-state index is 8.91. The Labute approximate surface area is 194 Å². The zero-order valence-electron chi connectivity index (χ0n) is 16.9. The molecule has 3 aromatic rings. The average Bonchev–Trinajstić information content (AvgIpc) is 2.80. The number of benzene rings is 1. The van der Waals surface area contributed by atoms with Gasteiger partial charge in [0.2, 0.25) is 5.95 Å². The van der Waals surface area contributed by atoms with E-state index in [4.69, 9.17) is 15.0 Å². The highest BCUT2D eigenvalue weighted by Gasteiger charge is 2.13. The number of nitriles is 1. The van der Waals surface area contributed by atoms with E-state index < -0.39 is 0 Å². The first-order valence-corrected chi connectivity index (χ1v) is 11.1. The first-order chi connectivity index (χ1) is 15.2. The van der Waals surface area contributed by atoms with Gasteiger partial charge in [0.25, 0.3) is 0 Å². The number of pyridine rings is 1. The first kappa shape index (κ1) is 21.4. The summed E-state index contributed by atoms with van der Waals surface area (Å²) in [7, 11) is 0. The average molecular weight is 527 g/mol. The standard InChI is InChI=1S/C22H22IN7O/c23-17-3-1-2-16(12-17)20-15-27-22(28-19-5-4-18(13-24)26-14-19)29-21(20)25-6-7-30-8-10-31-11-9-30/h1-5,12,14-15H,6-11H2,(H2,25,27,28,29). The quantitative estimate of drug-likeness (QED) is 0.451. The van der Waals surface area contributed by atoms with Gasteiger partial charge in [-0.1, -0.05) is 12.1 Å². The fourth-order valence-electron chi connectivity index (χ4n) is 3.26. The first-order valence-electron chi connectivity index (χ1n) is 10.0. The van der Waals surface area contributed by atoms with Crippen molar-refractivity contribution in [2.24, 2.45) is 0 Å². The summed E-state index contributed by atoms with van der Waals surface area (Å²) in [5.74, 6) is 1.24. The van der Waals surface area contributed by atoms with Crippen LogP contribution in [0.2, 0.25) is 0 Å². The number of rotatable bonds is 7. The molecule has 0 unspecified atom stereocenters. The maximum absolute atomic E-state index is 8.91. The van der Waals surface area contributed by atoms with Crippen LogP contribution < -0.4 is 10.6 Å². The van der Waals surface area contributed by atoms with Crippen LogP contribution in [0.3, 0.4) is 0 Å². The lowest BCUT2D eigenvalue weighted by molar-refractivity contribution is 0.0398. The lowest BCUT2D eigenvalue weighted by atomic mass is 10.1. The Bertz CT molecular complexity index is 1060. The lowest BCUT2D eigenvalue weighted by Crippen LogP contribution is -2.39. The van der Waals surface area contributed by atoms with Crippen molar-refractivity contribution in [2.75, 3.05) is 50.0 Å². The monoisotopic (exact) mass is 527 g/mol. The van der Waals surface area contributed by atoms with Crippen molar-refractivity contribution < 1.29 is 4.74 Å². The van der Waals surface area contributed by atoms with Gasteiger partial charge in [0.05, 0.1) is 25.1 Å². The van der Waals surface area contributed by atoms with Crippen LogP contribution in [0.4, 0.5) is 17.5 Å². The predicted molar refractivity (Wildman–Crippen MR) is 128 cm³/mol. The van der Waals surface area contributed by atoms with Gasteiger partial charge < -0.3 is 15.4 Å². The predicted octanol–water partition coefficient (Wildman–Crippen LogP) is 3.50. The third-order valence-electron chi connectivity index (χ3n) is 4.88. The number of ether oxygens (including phenoxy) is 1. The second kappa shape index (κ2) is 10.5. The van der Waals surface area contributed by atoms with E-state index in [2.05, 4.69) is 66.3 Å². The molecule has 1 fully saturated rings. The van der Waals surface area contributed by atoms with Crippen molar-refractivity contribution in [3.8, 4) is 17.2 Å². The van der Waals surface area contributed by atoms with Gasteiger partial charge in [0, 0.05) is 41.5 Å². The Kier molecular flexibility index (Phi) is 7.24. The third kappa shape index (κ3) is 5.88. The molecule has 4 rings (SSSR count). The van der Waals surface area contributed by atoms with Gasteiger partial charge in [0.1, 0.15) is 17.6 Å². The second-order valence-electron chi connectivity index (χ2n) is 7.02. The molecule has 2 aromatic heterocycles. The van der Waals surface area contributed by atoms with Crippen molar-refractivity contribution >= 4 is 40.0 Å². The number of hydrogen-bond donors (Lipinski definition) is 2. The molecule has 0 amide bonds. The zero-order valence-corrected chi connectivity index (χ0v) is 19.0. The summed E-state index contributed by atoms with van der Waals surface area (Å²) in [5.41, 5.74) is 3.10. The highest BCUT2D eigenvalue weighted by Crippen LogP contribution is 2.28. The summed E-state index contributed by atoms with van der Waals surface area (Å²) in [5, 5.41) is 15.6. The highest BCUT2D eigenvalue weighted by atomic mass is 127. The zero-order chi connectivity index (χ0) is 21.5. The fourth-order valence-corrected chi connectivity index (χ4v) is 3.81. The molecule has 3 heterocycles. The topological polar surface area (TPSA) is 99.0 Å². The number of halogens is 1. The normalized spacial score (nSPS) is 14.1. The van der Waals surface area contributed by atoms with Gasteiger partial charge in [-0.15, -0.1) is 0 Å². The smallest absolute Gasteiger partial charge is 0.229 e. The SMILES string of the molecule is N#Cc1ccc(Nc2ncc(-c3cccc(I)c3)c(NCCN3CCOCC3)n2)cn1. The Morgan fingerprint density at radius 1 is 1.13 bits per heavy atom. The largest absolute Gasteiger partial charge is 0.379 e. The van der Waals surface area contributed by atoms with E-state index in [9.17, 15) is 0 Å². The Morgan fingerprint density at radius 2 is 2.00 bits per heavy atom. The molecule has 2 N–H and O–H groups in total. The molecule has 0 spiro atoms. The van der Waals surface area contributed by atoms with Crippen molar-refractivity contribution in [3.05, 3.63) is 58.1 Å². The molecule has 31 heavy (non-hydrogen) atoms. The Hall–Kier alpha value is -2.81. The molecular weight excluding hydrogens is 505 g/mol. The molecule has 0 radical (unpaired) electrons. The highest BCUT2D eigenvalue weighted by molar-refractivity contribution is 14.1. The molecule has 0 atom stereocenters. The minimum absolute atomic E-state index is 0.367. The van der Waals surface area contributed by atoms with Gasteiger partial charge in [-0.25, -0.2) is 9.97 Å². The fraction of sp³-hybridized carbons (Fsp3) is 0.273. The molecule has 1 aromatic carbocycles. The molecule has 158 valence electrons. The van der Waals surface area contributed by atoms with Gasteiger partial charge in [-0.3, -0.25) is 4.90 Å². The van der Waals surface area contributed by atoms with Crippen molar-refractivity contribution in [3.63, 3.8) is 0 Å². The molecule has 8 nitrogen and oxygen atoms in total. The number of anilines is 3. The minimum Gasteiger partial charge on any atom is -0.379 e. The lowest BCUT2D eigenvalue weighted by Gasteiger charge is -2.26. The summed E-state index contributed by atoms with van der Waals surface area (Å²) < 4.78 is 6.58. The van der Waals surface area contributed by atoms with Gasteiger partial charge in [-0.2, -0.15) is 10.2 Å². The van der Waals surface area contributed by atoms with Crippen LogP contribution in [-0.2, 0) is 4.74 Å². The maximum Gasteiger partial charge on any atom is 0.229 e. The van der Waals surface area contributed by atoms with E-state index in [0.717, 1.165) is 65.6 Å². The van der Waals surface area contributed by atoms with E-state index in [1.807, 2.05) is 18.3 Å². The van der Waals surface area contributed by atoms with Crippen molar-refractivity contribution in [2.45, 2.75) is 0 Å². The molecule has 1 saturated heterocycles. The third-order valence-corrected chi connectivity index (χ3v) is 5.55. The summed E-state index contributed by atoms with van der Waals surface area (Å²) in [6, 6.07) is 13.7.